The van der Waals surface area contributed by atoms with Gasteiger partial charge < -0.3 is 19.8 Å². The first kappa shape index (κ1) is 66.5. The van der Waals surface area contributed by atoms with Gasteiger partial charge in [-0.25, -0.2) is 4.57 Å². The molecule has 0 aromatic rings. The fourth-order valence-corrected chi connectivity index (χ4v) is 9.18. The van der Waals surface area contributed by atoms with Crippen LogP contribution in [0, 0.1) is 0 Å². The highest BCUT2D eigenvalue weighted by atomic mass is 31.2. The Balaban J connectivity index is 4.23. The van der Waals surface area contributed by atoms with E-state index in [2.05, 4.69) is 55.6 Å². The van der Waals surface area contributed by atoms with Crippen LogP contribution in [-0.2, 0) is 18.4 Å². The molecule has 0 aliphatic carbocycles. The maximum atomic E-state index is 13.0. The average Bonchev–Trinajstić information content (AvgIpc) is 3.30. The van der Waals surface area contributed by atoms with Gasteiger partial charge in [-0.2, -0.15) is 0 Å². The molecule has 1 amide bonds. The van der Waals surface area contributed by atoms with E-state index in [1.807, 2.05) is 27.2 Å². The molecule has 400 valence electrons. The van der Waals surface area contributed by atoms with E-state index >= 15 is 0 Å². The number of carbonyl (C=O) groups is 1. The molecule has 0 aromatic carbocycles. The first-order chi connectivity index (χ1) is 33.0. The molecule has 0 fully saturated rings. The van der Waals surface area contributed by atoms with Gasteiger partial charge in [0.25, 0.3) is 0 Å². The Bertz CT molecular complexity index is 1250. The Labute approximate surface area is 422 Å². The number of nitrogens with one attached hydrogen (secondary N) is 1. The number of carbonyl (C=O) groups excluding carboxylic acids is 1. The van der Waals surface area contributed by atoms with E-state index in [1.54, 1.807) is 6.08 Å². The minimum absolute atomic E-state index is 0.0553. The predicted octanol–water partition coefficient (Wildman–Crippen LogP) is 17.5. The summed E-state index contributed by atoms with van der Waals surface area (Å²) in [6, 6.07) is -0.866. The van der Waals surface area contributed by atoms with Crippen molar-refractivity contribution in [2.75, 3.05) is 40.9 Å². The molecule has 3 N–H and O–H groups in total. The fraction of sp³-hybridized carbons (Fsp3) is 0.847. The smallest absolute Gasteiger partial charge is 0.387 e. The van der Waals surface area contributed by atoms with E-state index in [4.69, 9.17) is 9.05 Å². The zero-order valence-electron chi connectivity index (χ0n) is 45.6. The normalized spacial score (nSPS) is 14.3. The highest BCUT2D eigenvalue weighted by Crippen LogP contribution is 2.43. The van der Waals surface area contributed by atoms with Gasteiger partial charge in [0, 0.05) is 6.42 Å². The van der Waals surface area contributed by atoms with Crippen molar-refractivity contribution < 1.29 is 32.9 Å². The summed E-state index contributed by atoms with van der Waals surface area (Å²) in [5.74, 6) is -0.187. The average molecular weight is 979 g/mol. The van der Waals surface area contributed by atoms with Gasteiger partial charge in [0.15, 0.2) is 0 Å². The van der Waals surface area contributed by atoms with Crippen LogP contribution in [0.4, 0.5) is 0 Å². The molecule has 0 saturated carbocycles. The second-order valence-electron chi connectivity index (χ2n) is 21.0. The van der Waals surface area contributed by atoms with E-state index in [0.29, 0.717) is 17.4 Å². The number of phosphoric acid groups is 1. The molecule has 0 aliphatic heterocycles. The summed E-state index contributed by atoms with van der Waals surface area (Å²) >= 11 is 0. The van der Waals surface area contributed by atoms with Gasteiger partial charge in [-0.15, -0.1) is 0 Å². The molecule has 0 rings (SSSR count). The van der Waals surface area contributed by atoms with E-state index in [9.17, 15) is 19.4 Å². The topological polar surface area (TPSA) is 105 Å². The molecule has 8 nitrogen and oxygen atoms in total. The largest absolute Gasteiger partial charge is 0.472 e. The number of phosphoric ester groups is 1. The summed E-state index contributed by atoms with van der Waals surface area (Å²) in [4.78, 5) is 23.3. The highest BCUT2D eigenvalue weighted by Gasteiger charge is 2.27. The second kappa shape index (κ2) is 50.4. The number of likely N-dealkylation sites (N-methyl/N-ethyl adjacent to an activating group) is 1. The number of hydrogen-bond donors (Lipinski definition) is 3. The van der Waals surface area contributed by atoms with Gasteiger partial charge in [-0.05, 0) is 64.2 Å². The van der Waals surface area contributed by atoms with Crippen LogP contribution in [0.1, 0.15) is 271 Å². The molecule has 0 aromatic heterocycles. The molecule has 3 atom stereocenters. The van der Waals surface area contributed by atoms with E-state index < -0.39 is 20.0 Å². The maximum absolute atomic E-state index is 13.0. The lowest BCUT2D eigenvalue weighted by molar-refractivity contribution is -0.870. The molecular formula is C59H114N2O6P+. The minimum Gasteiger partial charge on any atom is -0.387 e. The molecular weight excluding hydrogens is 864 g/mol. The van der Waals surface area contributed by atoms with Crippen LogP contribution in [0.15, 0.2) is 48.6 Å². The Hall–Kier alpha value is -1.54. The summed E-state index contributed by atoms with van der Waals surface area (Å²) in [5.41, 5.74) is 0. The molecule has 68 heavy (non-hydrogen) atoms. The fourth-order valence-electron chi connectivity index (χ4n) is 8.44. The van der Waals surface area contributed by atoms with Gasteiger partial charge >= 0.3 is 7.82 Å². The molecule has 0 radical (unpaired) electrons. The Morgan fingerprint density at radius 2 is 0.853 bits per heavy atom. The van der Waals surface area contributed by atoms with Crippen molar-refractivity contribution >= 4 is 13.7 Å². The van der Waals surface area contributed by atoms with Crippen molar-refractivity contribution in [3.63, 3.8) is 0 Å². The van der Waals surface area contributed by atoms with Crippen LogP contribution in [0.3, 0.4) is 0 Å². The number of nitrogens with zero attached hydrogens (tertiary/aromatic N) is 1. The van der Waals surface area contributed by atoms with Crippen LogP contribution >= 0.6 is 7.82 Å². The first-order valence-corrected chi connectivity index (χ1v) is 30.5. The number of quaternary nitrogens is 1. The number of aliphatic hydroxyl groups is 1. The number of amides is 1. The molecule has 9 heteroatoms. The first-order valence-electron chi connectivity index (χ1n) is 29.0. The predicted molar refractivity (Wildman–Crippen MR) is 295 cm³/mol. The van der Waals surface area contributed by atoms with Gasteiger partial charge in [0.05, 0.1) is 39.9 Å². The molecule has 0 aliphatic rings. The molecule has 0 saturated heterocycles. The third kappa shape index (κ3) is 52.3. The van der Waals surface area contributed by atoms with Crippen molar-refractivity contribution in [2.24, 2.45) is 0 Å². The summed E-state index contributed by atoms with van der Waals surface area (Å²) < 4.78 is 23.7. The van der Waals surface area contributed by atoms with Crippen LogP contribution in [0.25, 0.3) is 0 Å². The number of hydrogen-bond acceptors (Lipinski definition) is 5. The number of allylic oxidation sites excluding steroid dienone is 7. The number of unbranched alkanes of at least 4 members (excludes halogenated alkanes) is 34. The Morgan fingerprint density at radius 3 is 1.26 bits per heavy atom. The van der Waals surface area contributed by atoms with Crippen molar-refractivity contribution in [1.29, 1.82) is 0 Å². The lowest BCUT2D eigenvalue weighted by Gasteiger charge is -2.25. The molecule has 0 spiro atoms. The summed E-state index contributed by atoms with van der Waals surface area (Å²) in [6.07, 6.45) is 66.4. The maximum Gasteiger partial charge on any atom is 0.472 e. The van der Waals surface area contributed by atoms with Gasteiger partial charge in [-0.3, -0.25) is 13.8 Å². The van der Waals surface area contributed by atoms with Crippen molar-refractivity contribution in [3.8, 4) is 0 Å². The second-order valence-corrected chi connectivity index (χ2v) is 22.5. The third-order valence-corrected chi connectivity index (χ3v) is 14.0. The van der Waals surface area contributed by atoms with Crippen LogP contribution in [0.5, 0.6) is 0 Å². The minimum atomic E-state index is -4.36. The summed E-state index contributed by atoms with van der Waals surface area (Å²) in [6.45, 7) is 4.82. The van der Waals surface area contributed by atoms with Crippen molar-refractivity contribution in [2.45, 2.75) is 283 Å². The van der Waals surface area contributed by atoms with E-state index in [-0.39, 0.29) is 19.1 Å². The highest BCUT2D eigenvalue weighted by molar-refractivity contribution is 7.47. The van der Waals surface area contributed by atoms with Gasteiger partial charge in [0.1, 0.15) is 13.2 Å². The quantitative estimate of drug-likeness (QED) is 0.0243. The Kier molecular flexibility index (Phi) is 49.3. The molecule has 0 bridgehead atoms. The number of rotatable bonds is 53. The molecule has 3 unspecified atom stereocenters. The van der Waals surface area contributed by atoms with E-state index in [1.165, 1.54) is 205 Å². The lowest BCUT2D eigenvalue weighted by atomic mass is 10.0. The standard InChI is InChI=1S/C59H113N2O6P/c1-6-8-10-12-14-16-18-20-22-24-26-27-28-29-30-31-32-33-35-37-39-41-43-45-47-49-51-53-59(63)60-57(56-67-68(64,65)66-55-54-61(3,4)5)58(62)52-50-48-46-44-42-40-38-36-34-25-23-21-19-17-15-13-11-9-7-2/h26-27,29-30,42,44,50,52,57-58,62H,6-25,28,31-41,43,45-49,51,53-56H2,1-5H3,(H-,60,63,64,65)/p+1/b27-26-,30-29-,44-42+,52-50+. The van der Waals surface area contributed by atoms with Gasteiger partial charge in [-0.1, -0.05) is 249 Å². The zero-order chi connectivity index (χ0) is 49.9. The zero-order valence-corrected chi connectivity index (χ0v) is 46.5. The van der Waals surface area contributed by atoms with Crippen molar-refractivity contribution in [1.82, 2.24) is 5.32 Å². The summed E-state index contributed by atoms with van der Waals surface area (Å²) in [5, 5.41) is 13.9. The van der Waals surface area contributed by atoms with E-state index in [0.717, 1.165) is 44.9 Å². The monoisotopic (exact) mass is 978 g/mol. The number of aliphatic hydroxyl groups excluding tert-OH is 1. The third-order valence-electron chi connectivity index (χ3n) is 13.0. The Morgan fingerprint density at radius 1 is 0.500 bits per heavy atom. The molecule has 0 heterocycles. The lowest BCUT2D eigenvalue weighted by Crippen LogP contribution is -2.45. The SMILES string of the molecule is CCCCCCCCCCC/C=C\C/C=C\CCCCCCCCCCCCCC(=O)NC(COP(=O)(O)OCC[N+](C)(C)C)C(O)/C=C/CC/C=C/CCCCCCCCCCCCCCC. The van der Waals surface area contributed by atoms with Crippen LogP contribution in [0.2, 0.25) is 0 Å². The van der Waals surface area contributed by atoms with Crippen LogP contribution in [-0.4, -0.2) is 73.4 Å². The van der Waals surface area contributed by atoms with Crippen molar-refractivity contribution in [3.05, 3.63) is 48.6 Å². The van der Waals surface area contributed by atoms with Gasteiger partial charge in [0.2, 0.25) is 5.91 Å². The van der Waals surface area contributed by atoms with Crippen LogP contribution < -0.4 is 5.32 Å². The summed E-state index contributed by atoms with van der Waals surface area (Å²) in [7, 11) is 1.56.